The zero-order valence-corrected chi connectivity index (χ0v) is 9.54. The zero-order valence-electron chi connectivity index (χ0n) is 8.72. The van der Waals surface area contributed by atoms with Gasteiger partial charge in [0.2, 0.25) is 0 Å². The second-order valence-electron chi connectivity index (χ2n) is 3.66. The lowest BCUT2D eigenvalue weighted by Crippen LogP contribution is -2.27. The van der Waals surface area contributed by atoms with E-state index in [-0.39, 0.29) is 18.0 Å². The van der Waals surface area contributed by atoms with Gasteiger partial charge in [-0.3, -0.25) is 0 Å². The predicted molar refractivity (Wildman–Crippen MR) is 61.1 cm³/mol. The number of aromatic carboxylic acids is 1. The van der Waals surface area contributed by atoms with E-state index >= 15 is 0 Å². The van der Waals surface area contributed by atoms with Gasteiger partial charge in [-0.25, -0.2) is 14.8 Å². The number of carboxylic acids is 1. The van der Waals surface area contributed by atoms with Crippen molar-refractivity contribution in [1.82, 2.24) is 15.3 Å². The lowest BCUT2D eigenvalue weighted by atomic mass is 9.97. The Morgan fingerprint density at radius 3 is 2.38 bits per heavy atom. The monoisotopic (exact) mass is 243 g/mol. The third kappa shape index (κ3) is 2.90. The Kier molecular flexibility index (Phi) is 4.64. The van der Waals surface area contributed by atoms with E-state index in [1.54, 1.807) is 0 Å². The molecule has 0 bridgehead atoms. The number of hydrogen-bond donors (Lipinski definition) is 2. The van der Waals surface area contributed by atoms with E-state index in [2.05, 4.69) is 15.3 Å². The lowest BCUT2D eigenvalue weighted by Gasteiger charge is -2.20. The summed E-state index contributed by atoms with van der Waals surface area (Å²) in [6.45, 7) is 1.96. The number of carbonyl (C=O) groups is 1. The molecule has 2 rings (SSSR count). The van der Waals surface area contributed by atoms with Gasteiger partial charge in [-0.15, -0.1) is 12.4 Å². The molecule has 2 heterocycles. The summed E-state index contributed by atoms with van der Waals surface area (Å²) in [7, 11) is 0. The highest BCUT2D eigenvalue weighted by molar-refractivity contribution is 5.86. The van der Waals surface area contributed by atoms with Gasteiger partial charge < -0.3 is 10.4 Å². The molecule has 6 heteroatoms. The van der Waals surface area contributed by atoms with Gasteiger partial charge in [0.05, 0.1) is 5.56 Å². The van der Waals surface area contributed by atoms with Crippen LogP contribution in [0.4, 0.5) is 0 Å². The molecule has 1 aliphatic rings. The number of rotatable bonds is 2. The summed E-state index contributed by atoms with van der Waals surface area (Å²) in [5.41, 5.74) is 0.146. The predicted octanol–water partition coefficient (Wildman–Crippen LogP) is 1.06. The first-order valence-electron chi connectivity index (χ1n) is 5.03. The molecule has 0 aromatic carbocycles. The molecule has 1 aromatic rings. The van der Waals surface area contributed by atoms with Crippen LogP contribution in [-0.4, -0.2) is 34.1 Å². The zero-order chi connectivity index (χ0) is 10.7. The average Bonchev–Trinajstić information content (AvgIpc) is 2.30. The molecule has 0 saturated carbocycles. The maximum absolute atomic E-state index is 10.6. The third-order valence-electron chi connectivity index (χ3n) is 2.62. The molecule has 88 valence electrons. The third-order valence-corrected chi connectivity index (χ3v) is 2.62. The van der Waals surface area contributed by atoms with E-state index in [9.17, 15) is 4.79 Å². The molecule has 1 fully saturated rings. The van der Waals surface area contributed by atoms with Crippen LogP contribution in [0.3, 0.4) is 0 Å². The normalized spacial score (nSPS) is 16.5. The molecule has 1 aliphatic heterocycles. The van der Waals surface area contributed by atoms with Crippen LogP contribution in [0.1, 0.15) is 34.9 Å². The fourth-order valence-electron chi connectivity index (χ4n) is 1.74. The lowest BCUT2D eigenvalue weighted by molar-refractivity contribution is 0.0696. The first kappa shape index (κ1) is 12.9. The minimum Gasteiger partial charge on any atom is -0.478 e. The molecule has 2 N–H and O–H groups in total. The first-order valence-corrected chi connectivity index (χ1v) is 5.03. The van der Waals surface area contributed by atoms with Crippen LogP contribution in [0.25, 0.3) is 0 Å². The van der Waals surface area contributed by atoms with Crippen molar-refractivity contribution in [3.8, 4) is 0 Å². The van der Waals surface area contributed by atoms with Crippen molar-refractivity contribution < 1.29 is 9.90 Å². The van der Waals surface area contributed by atoms with Crippen molar-refractivity contribution in [2.24, 2.45) is 0 Å². The van der Waals surface area contributed by atoms with Crippen molar-refractivity contribution in [1.29, 1.82) is 0 Å². The molecular weight excluding hydrogens is 230 g/mol. The standard InChI is InChI=1S/C10H13N3O2.ClH/c14-10(15)8-5-12-9(13-6-8)7-1-3-11-4-2-7;/h5-7,11H,1-4H2,(H,14,15);1H. The summed E-state index contributed by atoms with van der Waals surface area (Å²) >= 11 is 0. The van der Waals surface area contributed by atoms with Gasteiger partial charge in [0.1, 0.15) is 5.82 Å². The molecule has 0 unspecified atom stereocenters. The highest BCUT2D eigenvalue weighted by atomic mass is 35.5. The molecule has 0 spiro atoms. The van der Waals surface area contributed by atoms with Crippen LogP contribution in [0, 0.1) is 0 Å². The summed E-state index contributed by atoms with van der Waals surface area (Å²) < 4.78 is 0. The second kappa shape index (κ2) is 5.77. The Labute approximate surface area is 99.7 Å². The Morgan fingerprint density at radius 1 is 1.31 bits per heavy atom. The van der Waals surface area contributed by atoms with Crippen molar-refractivity contribution in [2.45, 2.75) is 18.8 Å². The van der Waals surface area contributed by atoms with E-state index in [1.807, 2.05) is 0 Å². The Bertz CT molecular complexity index is 350. The summed E-state index contributed by atoms with van der Waals surface area (Å²) in [5, 5.41) is 12.0. The van der Waals surface area contributed by atoms with Crippen molar-refractivity contribution in [2.75, 3.05) is 13.1 Å². The molecule has 0 amide bonds. The quantitative estimate of drug-likeness (QED) is 0.813. The number of halogens is 1. The molecule has 16 heavy (non-hydrogen) atoms. The maximum atomic E-state index is 10.6. The van der Waals surface area contributed by atoms with Crippen LogP contribution < -0.4 is 5.32 Å². The number of hydrogen-bond acceptors (Lipinski definition) is 4. The second-order valence-corrected chi connectivity index (χ2v) is 3.66. The highest BCUT2D eigenvalue weighted by Crippen LogP contribution is 2.21. The number of nitrogens with one attached hydrogen (secondary N) is 1. The number of aromatic nitrogens is 2. The minimum atomic E-state index is -0.980. The van der Waals surface area contributed by atoms with Crippen LogP contribution in [0.15, 0.2) is 12.4 Å². The van der Waals surface area contributed by atoms with Gasteiger partial charge in [0.25, 0.3) is 0 Å². The van der Waals surface area contributed by atoms with Crippen LogP contribution in [0.2, 0.25) is 0 Å². The van der Waals surface area contributed by atoms with E-state index in [0.717, 1.165) is 31.8 Å². The fourth-order valence-corrected chi connectivity index (χ4v) is 1.74. The maximum Gasteiger partial charge on any atom is 0.338 e. The van der Waals surface area contributed by atoms with Gasteiger partial charge in [-0.05, 0) is 25.9 Å². The van der Waals surface area contributed by atoms with Gasteiger partial charge >= 0.3 is 5.97 Å². The summed E-state index contributed by atoms with van der Waals surface area (Å²) in [5.74, 6) is 0.155. The largest absolute Gasteiger partial charge is 0.478 e. The minimum absolute atomic E-state index is 0. The van der Waals surface area contributed by atoms with Crippen molar-refractivity contribution in [3.63, 3.8) is 0 Å². The fraction of sp³-hybridized carbons (Fsp3) is 0.500. The average molecular weight is 244 g/mol. The van der Waals surface area contributed by atoms with Gasteiger partial charge in [-0.2, -0.15) is 0 Å². The SMILES string of the molecule is Cl.O=C(O)c1cnc(C2CCNCC2)nc1. The summed E-state index contributed by atoms with van der Waals surface area (Å²) in [6, 6.07) is 0. The number of carboxylic acid groups (broad SMARTS) is 1. The molecular formula is C10H14ClN3O2. The van der Waals surface area contributed by atoms with Crippen LogP contribution in [0.5, 0.6) is 0 Å². The summed E-state index contributed by atoms with van der Waals surface area (Å²) in [6.07, 6.45) is 4.80. The molecule has 0 radical (unpaired) electrons. The summed E-state index contributed by atoms with van der Waals surface area (Å²) in [4.78, 5) is 18.8. The topological polar surface area (TPSA) is 75.1 Å². The Hall–Kier alpha value is -1.20. The van der Waals surface area contributed by atoms with Gasteiger partial charge in [0, 0.05) is 18.3 Å². The van der Waals surface area contributed by atoms with E-state index in [1.165, 1.54) is 12.4 Å². The molecule has 0 aliphatic carbocycles. The molecule has 0 atom stereocenters. The smallest absolute Gasteiger partial charge is 0.338 e. The molecule has 1 aromatic heterocycles. The van der Waals surface area contributed by atoms with Crippen molar-refractivity contribution in [3.05, 3.63) is 23.8 Å². The number of nitrogens with zero attached hydrogens (tertiary/aromatic N) is 2. The Balaban J connectivity index is 0.00000128. The number of piperidine rings is 1. The molecule has 1 saturated heterocycles. The first-order chi connectivity index (χ1) is 7.27. The van der Waals surface area contributed by atoms with E-state index < -0.39 is 5.97 Å². The van der Waals surface area contributed by atoms with Gasteiger partial charge in [0.15, 0.2) is 0 Å². The van der Waals surface area contributed by atoms with E-state index in [4.69, 9.17) is 5.11 Å². The van der Waals surface area contributed by atoms with Gasteiger partial charge in [-0.1, -0.05) is 0 Å². The molecule has 5 nitrogen and oxygen atoms in total. The van der Waals surface area contributed by atoms with E-state index in [0.29, 0.717) is 5.92 Å². The van der Waals surface area contributed by atoms with Crippen molar-refractivity contribution >= 4 is 18.4 Å². The highest BCUT2D eigenvalue weighted by Gasteiger charge is 2.17. The van der Waals surface area contributed by atoms with Crippen LogP contribution in [-0.2, 0) is 0 Å². The Morgan fingerprint density at radius 2 is 1.88 bits per heavy atom. The van der Waals surface area contributed by atoms with Crippen LogP contribution >= 0.6 is 12.4 Å².